The van der Waals surface area contributed by atoms with Crippen molar-refractivity contribution < 1.29 is 14.3 Å². The van der Waals surface area contributed by atoms with Crippen LogP contribution in [0.3, 0.4) is 0 Å². The first kappa shape index (κ1) is 34.2. The first-order valence-corrected chi connectivity index (χ1v) is 12.4. The van der Waals surface area contributed by atoms with Crippen molar-refractivity contribution in [2.45, 2.75) is 93.7 Å². The van der Waals surface area contributed by atoms with E-state index in [1.54, 1.807) is 0 Å². The molecule has 1 unspecified atom stereocenters. The van der Waals surface area contributed by atoms with E-state index in [0.29, 0.717) is 25.0 Å². The molecule has 0 radical (unpaired) electrons. The molecule has 1 aromatic rings. The summed E-state index contributed by atoms with van der Waals surface area (Å²) in [6.45, 7) is 25.1. The quantitative estimate of drug-likeness (QED) is 0.368. The van der Waals surface area contributed by atoms with Gasteiger partial charge in [0, 0.05) is 11.1 Å². The predicted molar refractivity (Wildman–Crippen MR) is 146 cm³/mol. The van der Waals surface area contributed by atoms with E-state index in [4.69, 9.17) is 10.5 Å². The van der Waals surface area contributed by atoms with Crippen molar-refractivity contribution >= 4 is 12.6 Å². The topological polar surface area (TPSA) is 81.4 Å². The molecule has 0 aliphatic rings. The summed E-state index contributed by atoms with van der Waals surface area (Å²) in [5.74, 6) is 0.969. The number of aryl methyl sites for hydroxylation is 2. The Balaban J connectivity index is 0. The maximum absolute atomic E-state index is 10.6. The maximum Gasteiger partial charge on any atom is 0.141 e. The number of hydrogen-bond acceptors (Lipinski definition) is 5. The summed E-state index contributed by atoms with van der Waals surface area (Å²) in [6, 6.07) is 8.53. The van der Waals surface area contributed by atoms with Crippen LogP contribution in [0.25, 0.3) is 0 Å². The van der Waals surface area contributed by atoms with Crippen LogP contribution < -0.4 is 11.1 Å². The van der Waals surface area contributed by atoms with Crippen LogP contribution in [0, 0.1) is 24.2 Å². The van der Waals surface area contributed by atoms with Crippen LogP contribution in [-0.4, -0.2) is 37.4 Å². The fraction of sp³-hybridized carbons (Fsp3) is 0.655. The number of hydrogen-bond donors (Lipinski definition) is 2. The first-order valence-electron chi connectivity index (χ1n) is 12.4. The third-order valence-electron chi connectivity index (χ3n) is 5.60. The van der Waals surface area contributed by atoms with Crippen molar-refractivity contribution in [1.82, 2.24) is 5.32 Å². The number of ether oxygens (including phenoxy) is 1. The normalized spacial score (nSPS) is 12.9. The summed E-state index contributed by atoms with van der Waals surface area (Å²) in [5, 5.41) is 3.05. The number of benzene rings is 1. The lowest BCUT2D eigenvalue weighted by atomic mass is 9.95. The fourth-order valence-corrected chi connectivity index (χ4v) is 2.52. The Bertz CT molecular complexity index is 694. The molecule has 0 aliphatic heterocycles. The number of carbonyl (C=O) groups excluding carboxylic acids is 2. The molecule has 0 amide bonds. The van der Waals surface area contributed by atoms with Crippen molar-refractivity contribution in [3.05, 3.63) is 47.7 Å². The SMILES string of the molecule is C=C(N[C@@H](C)C=O)C(C)C(C)C.CC(C)(C=O)COC(C)(C)CCN.CCc1ccc(C)cc1. The van der Waals surface area contributed by atoms with E-state index < -0.39 is 5.41 Å². The number of nitrogens with one attached hydrogen (secondary N) is 1. The summed E-state index contributed by atoms with van der Waals surface area (Å²) in [6.07, 6.45) is 3.76. The monoisotopic (exact) mass is 476 g/mol. The molecule has 34 heavy (non-hydrogen) atoms. The first-order chi connectivity index (χ1) is 15.6. The molecule has 0 saturated carbocycles. The Morgan fingerprint density at radius 1 is 1.09 bits per heavy atom. The van der Waals surface area contributed by atoms with Crippen LogP contribution in [-0.2, 0) is 20.7 Å². The molecule has 1 rings (SSSR count). The summed E-state index contributed by atoms with van der Waals surface area (Å²) in [5.41, 5.74) is 8.52. The van der Waals surface area contributed by atoms with Gasteiger partial charge in [0.25, 0.3) is 0 Å². The predicted octanol–water partition coefficient (Wildman–Crippen LogP) is 5.88. The standard InChI is InChI=1S/C10H21NO2.C10H19NO.C9H12/c1-9(2,7-12)8-13-10(3,4)5-6-11;1-7(2)9(4)10(5)11-8(3)6-12;1-3-9-6-4-8(2)5-7-9/h7H,5-6,8,11H2,1-4H3;6-9,11H,5H2,1-4H3;4-7H,3H2,1-2H3/t;8-,9?;/m.0./s1. The highest BCUT2D eigenvalue weighted by Gasteiger charge is 2.23. The maximum atomic E-state index is 10.6. The molecule has 0 heterocycles. The second-order valence-corrected chi connectivity index (χ2v) is 10.7. The van der Waals surface area contributed by atoms with Gasteiger partial charge in [-0.3, -0.25) is 0 Å². The van der Waals surface area contributed by atoms with Gasteiger partial charge in [0.1, 0.15) is 12.6 Å². The van der Waals surface area contributed by atoms with Gasteiger partial charge in [-0.1, -0.05) is 78.0 Å². The Morgan fingerprint density at radius 3 is 2.00 bits per heavy atom. The van der Waals surface area contributed by atoms with Gasteiger partial charge in [0.05, 0.1) is 18.2 Å². The Morgan fingerprint density at radius 2 is 1.62 bits per heavy atom. The van der Waals surface area contributed by atoms with Gasteiger partial charge in [0.2, 0.25) is 0 Å². The summed E-state index contributed by atoms with van der Waals surface area (Å²) < 4.78 is 5.61. The molecule has 5 nitrogen and oxygen atoms in total. The Hall–Kier alpha value is -1.98. The smallest absolute Gasteiger partial charge is 0.141 e. The molecule has 2 atom stereocenters. The second-order valence-electron chi connectivity index (χ2n) is 10.7. The number of allylic oxidation sites excluding steroid dienone is 1. The number of carbonyl (C=O) groups is 2. The van der Waals surface area contributed by atoms with Crippen LogP contribution in [0.5, 0.6) is 0 Å². The van der Waals surface area contributed by atoms with Gasteiger partial charge >= 0.3 is 0 Å². The lowest BCUT2D eigenvalue weighted by molar-refractivity contribution is -0.122. The average molecular weight is 477 g/mol. The Kier molecular flexibility index (Phi) is 17.6. The van der Waals surface area contributed by atoms with E-state index in [0.717, 1.165) is 31.1 Å². The van der Waals surface area contributed by atoms with Gasteiger partial charge in [0.15, 0.2) is 0 Å². The van der Waals surface area contributed by atoms with Gasteiger partial charge in [-0.15, -0.1) is 0 Å². The van der Waals surface area contributed by atoms with Crippen molar-refractivity contribution in [1.29, 1.82) is 0 Å². The van der Waals surface area contributed by atoms with E-state index in [9.17, 15) is 9.59 Å². The van der Waals surface area contributed by atoms with E-state index in [2.05, 4.69) is 70.8 Å². The zero-order valence-electron chi connectivity index (χ0n) is 23.5. The number of nitrogens with two attached hydrogens (primary N) is 1. The van der Waals surface area contributed by atoms with E-state index >= 15 is 0 Å². The lowest BCUT2D eigenvalue weighted by Crippen LogP contribution is -2.33. The van der Waals surface area contributed by atoms with Gasteiger partial charge in [-0.2, -0.15) is 0 Å². The van der Waals surface area contributed by atoms with Gasteiger partial charge < -0.3 is 25.4 Å². The third kappa shape index (κ3) is 17.5. The van der Waals surface area contributed by atoms with Crippen molar-refractivity contribution in [2.75, 3.05) is 13.2 Å². The molecule has 0 spiro atoms. The highest BCUT2D eigenvalue weighted by atomic mass is 16.5. The highest BCUT2D eigenvalue weighted by Crippen LogP contribution is 2.19. The summed E-state index contributed by atoms with van der Waals surface area (Å²) in [7, 11) is 0. The summed E-state index contributed by atoms with van der Waals surface area (Å²) in [4.78, 5) is 20.9. The molecule has 3 N–H and O–H groups in total. The molecule has 1 aromatic carbocycles. The van der Waals surface area contributed by atoms with E-state index in [-0.39, 0.29) is 11.6 Å². The minimum atomic E-state index is -0.397. The van der Waals surface area contributed by atoms with E-state index in [1.807, 2.05) is 34.6 Å². The van der Waals surface area contributed by atoms with E-state index in [1.165, 1.54) is 11.1 Å². The molecular weight excluding hydrogens is 424 g/mol. The molecule has 0 aliphatic carbocycles. The second kappa shape index (κ2) is 17.5. The van der Waals surface area contributed by atoms with Crippen molar-refractivity contribution in [3.63, 3.8) is 0 Å². The van der Waals surface area contributed by atoms with Crippen molar-refractivity contribution in [2.24, 2.45) is 23.0 Å². The molecular formula is C29H52N2O3. The highest BCUT2D eigenvalue weighted by molar-refractivity contribution is 5.58. The lowest BCUT2D eigenvalue weighted by Gasteiger charge is -2.28. The van der Waals surface area contributed by atoms with Crippen LogP contribution in [0.1, 0.15) is 79.9 Å². The van der Waals surface area contributed by atoms with Crippen LogP contribution in [0.2, 0.25) is 0 Å². The molecule has 0 saturated heterocycles. The largest absolute Gasteiger partial charge is 0.379 e. The van der Waals surface area contributed by atoms with Crippen LogP contribution in [0.15, 0.2) is 36.5 Å². The molecule has 5 heteroatoms. The van der Waals surface area contributed by atoms with Gasteiger partial charge in [-0.25, -0.2) is 0 Å². The third-order valence-corrected chi connectivity index (χ3v) is 5.60. The molecule has 0 fully saturated rings. The number of rotatable bonds is 12. The van der Waals surface area contributed by atoms with Crippen LogP contribution in [0.4, 0.5) is 0 Å². The fourth-order valence-electron chi connectivity index (χ4n) is 2.52. The summed E-state index contributed by atoms with van der Waals surface area (Å²) >= 11 is 0. The number of aldehydes is 2. The average Bonchev–Trinajstić information content (AvgIpc) is 2.78. The minimum absolute atomic E-state index is 0.126. The van der Waals surface area contributed by atoms with Crippen molar-refractivity contribution in [3.8, 4) is 0 Å². The zero-order chi connectivity index (χ0) is 26.9. The molecule has 0 aromatic heterocycles. The zero-order valence-corrected chi connectivity index (χ0v) is 23.5. The van der Waals surface area contributed by atoms with Crippen LogP contribution >= 0.6 is 0 Å². The van der Waals surface area contributed by atoms with Gasteiger partial charge in [-0.05, 0) is 64.5 Å². The minimum Gasteiger partial charge on any atom is -0.379 e. The molecule has 196 valence electrons. The Labute approximate surface area is 209 Å². The molecule has 0 bridgehead atoms.